The highest BCUT2D eigenvalue weighted by Gasteiger charge is 2.33. The van der Waals surface area contributed by atoms with Crippen molar-refractivity contribution in [1.29, 1.82) is 0 Å². The van der Waals surface area contributed by atoms with E-state index in [0.29, 0.717) is 0 Å². The van der Waals surface area contributed by atoms with Crippen LogP contribution in [0.15, 0.2) is 146 Å². The maximum atomic E-state index is 2.31. The minimum absolute atomic E-state index is 1.24. The van der Waals surface area contributed by atoms with E-state index in [0.717, 1.165) is 0 Å². The van der Waals surface area contributed by atoms with Crippen LogP contribution in [0.4, 0.5) is 0 Å². The van der Waals surface area contributed by atoms with Crippen LogP contribution in [0, 0.1) is 0 Å². The normalized spacial score (nSPS) is 11.2. The van der Waals surface area contributed by atoms with Crippen LogP contribution in [-0.4, -0.2) is 6.15 Å². The van der Waals surface area contributed by atoms with Crippen LogP contribution < -0.4 is 21.9 Å². The second kappa shape index (κ2) is 8.49. The Morgan fingerprint density at radius 2 is 0.677 bits per heavy atom. The molecule has 5 aromatic carbocycles. The average molecular weight is 395 g/mol. The molecule has 31 heavy (non-hydrogen) atoms. The lowest BCUT2D eigenvalue weighted by atomic mass is 9.12. The highest BCUT2D eigenvalue weighted by atomic mass is 14.1. The summed E-state index contributed by atoms with van der Waals surface area (Å²) >= 11 is 0. The molecule has 0 atom stereocenters. The third-order valence-electron chi connectivity index (χ3n) is 6.41. The number of hydrogen-bond acceptors (Lipinski definition) is 0. The van der Waals surface area contributed by atoms with Crippen molar-refractivity contribution in [2.75, 3.05) is 0 Å². The van der Waals surface area contributed by atoms with Crippen LogP contribution in [0.2, 0.25) is 0 Å². The van der Waals surface area contributed by atoms with Crippen LogP contribution in [-0.2, 0) is 0 Å². The van der Waals surface area contributed by atoms with Gasteiger partial charge in [0.2, 0.25) is 0 Å². The molecular weight excluding hydrogens is 371 g/mol. The van der Waals surface area contributed by atoms with Crippen LogP contribution in [0.1, 0.15) is 0 Å². The molecule has 0 nitrogen and oxygen atoms in total. The molecule has 0 radical (unpaired) electrons. The second-order valence-corrected chi connectivity index (χ2v) is 8.05. The van der Waals surface area contributed by atoms with Crippen molar-refractivity contribution in [2.24, 2.45) is 0 Å². The van der Waals surface area contributed by atoms with Crippen molar-refractivity contribution in [2.45, 2.75) is 0 Å². The molecule has 0 unspecified atom stereocenters. The lowest BCUT2D eigenvalue weighted by Crippen LogP contribution is -2.75. The first-order valence-electron chi connectivity index (χ1n) is 10.9. The van der Waals surface area contributed by atoms with Gasteiger partial charge >= 0.3 is 0 Å². The van der Waals surface area contributed by atoms with E-state index in [-0.39, 0.29) is 0 Å². The molecule has 0 aliphatic rings. The predicted octanol–water partition coefficient (Wildman–Crippen LogP) is 4.73. The van der Waals surface area contributed by atoms with Crippen LogP contribution >= 0.6 is 0 Å². The molecule has 0 amide bonds. The molecule has 0 fully saturated rings. The van der Waals surface area contributed by atoms with Gasteiger partial charge in [0.15, 0.2) is 0 Å². The standard InChI is InChI=1S/C30H24B/c1-5-15-25(16-6-1)29-23-13-14-24-30(29)31(26-17-7-2-8-18-26,27-19-9-3-10-20-27)28-21-11-4-12-22-28/h1-24H/q-1. The topological polar surface area (TPSA) is 0 Å². The minimum atomic E-state index is -1.38. The van der Waals surface area contributed by atoms with Crippen molar-refractivity contribution in [3.05, 3.63) is 146 Å². The molecule has 0 bridgehead atoms. The van der Waals surface area contributed by atoms with Crippen LogP contribution in [0.5, 0.6) is 0 Å². The molecule has 0 aliphatic carbocycles. The number of rotatable bonds is 5. The van der Waals surface area contributed by atoms with Gasteiger partial charge in [0.05, 0.1) is 0 Å². The maximum Gasteiger partial charge on any atom is 0.108 e. The van der Waals surface area contributed by atoms with E-state index < -0.39 is 6.15 Å². The Labute approximate surface area is 184 Å². The average Bonchev–Trinajstić information content (AvgIpc) is 2.87. The molecular formula is C30H24B-. The Bertz CT molecular complexity index is 1150. The fourth-order valence-corrected chi connectivity index (χ4v) is 5.10. The second-order valence-electron chi connectivity index (χ2n) is 8.05. The predicted molar refractivity (Wildman–Crippen MR) is 135 cm³/mol. The summed E-state index contributed by atoms with van der Waals surface area (Å²) in [5.41, 5.74) is 7.83. The molecule has 5 aromatic rings. The third-order valence-corrected chi connectivity index (χ3v) is 6.41. The summed E-state index contributed by atoms with van der Waals surface area (Å²) in [6.45, 7) is 0. The Morgan fingerprint density at radius 1 is 0.323 bits per heavy atom. The third kappa shape index (κ3) is 3.39. The van der Waals surface area contributed by atoms with Crippen molar-refractivity contribution in [1.82, 2.24) is 0 Å². The highest BCUT2D eigenvalue weighted by molar-refractivity contribution is 7.20. The van der Waals surface area contributed by atoms with E-state index in [4.69, 9.17) is 0 Å². The molecule has 0 N–H and O–H groups in total. The van der Waals surface area contributed by atoms with Gasteiger partial charge in [0, 0.05) is 0 Å². The Hall–Kier alpha value is -3.84. The summed E-state index contributed by atoms with van der Waals surface area (Å²) in [6, 6.07) is 52.5. The Kier molecular flexibility index (Phi) is 5.25. The van der Waals surface area contributed by atoms with Crippen molar-refractivity contribution < 1.29 is 0 Å². The Balaban J connectivity index is 1.94. The van der Waals surface area contributed by atoms with E-state index in [1.54, 1.807) is 0 Å². The maximum absolute atomic E-state index is 2.31. The Morgan fingerprint density at radius 3 is 1.13 bits per heavy atom. The zero-order valence-electron chi connectivity index (χ0n) is 17.4. The zero-order chi connectivity index (χ0) is 20.9. The molecule has 0 spiro atoms. The molecule has 0 saturated heterocycles. The zero-order valence-corrected chi connectivity index (χ0v) is 17.4. The molecule has 0 aliphatic heterocycles. The summed E-state index contributed by atoms with van der Waals surface area (Å²) in [7, 11) is 0. The largest absolute Gasteiger partial charge is 0.195 e. The van der Waals surface area contributed by atoms with Gasteiger partial charge in [-0.1, -0.05) is 151 Å². The van der Waals surface area contributed by atoms with Crippen LogP contribution in [0.3, 0.4) is 0 Å². The minimum Gasteiger partial charge on any atom is -0.195 e. The highest BCUT2D eigenvalue weighted by Crippen LogP contribution is 2.21. The molecule has 0 saturated carbocycles. The van der Waals surface area contributed by atoms with E-state index >= 15 is 0 Å². The summed E-state index contributed by atoms with van der Waals surface area (Å²) in [5, 5.41) is 0. The molecule has 148 valence electrons. The van der Waals surface area contributed by atoms with Gasteiger partial charge in [-0.3, -0.25) is 0 Å². The van der Waals surface area contributed by atoms with E-state index in [1.807, 2.05) is 0 Å². The van der Waals surface area contributed by atoms with Crippen LogP contribution in [0.25, 0.3) is 11.1 Å². The van der Waals surface area contributed by atoms with Gasteiger partial charge in [-0.2, -0.15) is 21.9 Å². The van der Waals surface area contributed by atoms with Crippen molar-refractivity contribution in [3.63, 3.8) is 0 Å². The first-order chi connectivity index (χ1) is 15.4. The van der Waals surface area contributed by atoms with Crippen molar-refractivity contribution >= 4 is 28.0 Å². The quantitative estimate of drug-likeness (QED) is 0.378. The smallest absolute Gasteiger partial charge is 0.108 e. The summed E-state index contributed by atoms with van der Waals surface area (Å²) in [5.74, 6) is 0. The summed E-state index contributed by atoms with van der Waals surface area (Å²) in [4.78, 5) is 0. The number of benzene rings is 5. The van der Waals surface area contributed by atoms with Gasteiger partial charge in [-0.15, -0.1) is 0 Å². The molecule has 0 aromatic heterocycles. The van der Waals surface area contributed by atoms with Gasteiger partial charge in [-0.05, 0) is 5.56 Å². The summed E-state index contributed by atoms with van der Waals surface area (Å²) < 4.78 is 0. The SMILES string of the molecule is c1ccc(-c2ccccc2[B-](c2ccccc2)(c2ccccc2)c2ccccc2)cc1. The van der Waals surface area contributed by atoms with Gasteiger partial charge in [-0.25, -0.2) is 0 Å². The molecule has 1 heteroatoms. The van der Waals surface area contributed by atoms with Gasteiger partial charge in [0.25, 0.3) is 0 Å². The van der Waals surface area contributed by atoms with E-state index in [9.17, 15) is 0 Å². The monoisotopic (exact) mass is 395 g/mol. The fraction of sp³-hybridized carbons (Fsp3) is 0. The number of hydrogen-bond donors (Lipinski definition) is 0. The summed E-state index contributed by atoms with van der Waals surface area (Å²) in [6.07, 6.45) is -1.38. The lowest BCUT2D eigenvalue weighted by molar-refractivity contribution is 1.62. The van der Waals surface area contributed by atoms with E-state index in [2.05, 4.69) is 146 Å². The van der Waals surface area contributed by atoms with Crippen molar-refractivity contribution in [3.8, 4) is 11.1 Å². The van der Waals surface area contributed by atoms with Gasteiger partial charge < -0.3 is 0 Å². The van der Waals surface area contributed by atoms with Gasteiger partial charge in [0.1, 0.15) is 6.15 Å². The van der Waals surface area contributed by atoms with E-state index in [1.165, 1.54) is 33.0 Å². The molecule has 5 rings (SSSR count). The first-order valence-corrected chi connectivity index (χ1v) is 10.9. The first kappa shape index (κ1) is 19.1. The fourth-order valence-electron chi connectivity index (χ4n) is 5.10. The lowest BCUT2D eigenvalue weighted by Gasteiger charge is -2.45. The molecule has 0 heterocycles.